The summed E-state index contributed by atoms with van der Waals surface area (Å²) in [5.41, 5.74) is 8.94. The lowest BCUT2D eigenvalue weighted by Crippen LogP contribution is -2.45. The quantitative estimate of drug-likeness (QED) is 0.222. The van der Waals surface area contributed by atoms with Gasteiger partial charge in [-0.15, -0.1) is 0 Å². The van der Waals surface area contributed by atoms with Gasteiger partial charge < -0.3 is 5.11 Å². The van der Waals surface area contributed by atoms with E-state index >= 15 is 0 Å². The Labute approximate surface area is 265 Å². The maximum Gasteiger partial charge on any atom is 0.176 e. The van der Waals surface area contributed by atoms with Gasteiger partial charge in [0.15, 0.2) is 17.7 Å². The molecule has 46 heavy (non-hydrogen) atoms. The van der Waals surface area contributed by atoms with Crippen molar-refractivity contribution in [3.8, 4) is 22.4 Å². The van der Waals surface area contributed by atoms with Crippen LogP contribution in [0.5, 0.6) is 0 Å². The molecule has 5 aromatic carbocycles. The summed E-state index contributed by atoms with van der Waals surface area (Å²) in [6, 6.07) is 49.1. The van der Waals surface area contributed by atoms with Crippen LogP contribution in [0.1, 0.15) is 17.4 Å². The summed E-state index contributed by atoms with van der Waals surface area (Å²) in [5.74, 6) is 0.641. The molecule has 1 unspecified atom stereocenters. The third kappa shape index (κ3) is 4.12. The fourth-order valence-electron chi connectivity index (χ4n) is 6.63. The van der Waals surface area contributed by atoms with Gasteiger partial charge in [0.1, 0.15) is 0 Å². The van der Waals surface area contributed by atoms with Crippen molar-refractivity contribution in [2.45, 2.75) is 6.23 Å². The minimum atomic E-state index is -0.973. The van der Waals surface area contributed by atoms with Crippen LogP contribution in [0.2, 0.25) is 0 Å². The molecule has 1 N–H and O–H groups in total. The molecule has 0 saturated carbocycles. The van der Waals surface area contributed by atoms with Gasteiger partial charge in [-0.25, -0.2) is 24.6 Å². The molecule has 8 aromatic rings. The van der Waals surface area contributed by atoms with E-state index in [9.17, 15) is 5.11 Å². The van der Waals surface area contributed by atoms with Gasteiger partial charge in [-0.1, -0.05) is 103 Å². The first-order valence-corrected chi connectivity index (χ1v) is 15.3. The first kappa shape index (κ1) is 26.3. The number of pyridine rings is 2. The van der Waals surface area contributed by atoms with Crippen LogP contribution in [0.3, 0.4) is 0 Å². The molecule has 4 heterocycles. The molecule has 3 aromatic heterocycles. The highest BCUT2D eigenvalue weighted by molar-refractivity contribution is 6.14. The van der Waals surface area contributed by atoms with Crippen LogP contribution in [-0.4, -0.2) is 25.6 Å². The number of aliphatic imine (C=N–C) groups is 1. The Bertz CT molecular complexity index is 2410. The summed E-state index contributed by atoms with van der Waals surface area (Å²) in [6.45, 7) is 0. The number of amidine groups is 1. The fraction of sp³-hybridized carbons (Fsp3) is 0.0250. The van der Waals surface area contributed by atoms with Crippen LogP contribution in [0.4, 0.5) is 5.69 Å². The number of hydrogen-bond acceptors (Lipinski definition) is 5. The lowest BCUT2D eigenvalue weighted by Gasteiger charge is -2.36. The smallest absolute Gasteiger partial charge is 0.176 e. The Kier molecular flexibility index (Phi) is 6.01. The number of hydrogen-bond donors (Lipinski definition) is 1. The van der Waals surface area contributed by atoms with Crippen molar-refractivity contribution in [3.05, 3.63) is 163 Å². The van der Waals surface area contributed by atoms with E-state index in [2.05, 4.69) is 82.5 Å². The van der Waals surface area contributed by atoms with Gasteiger partial charge in [-0.3, -0.25) is 0 Å². The first-order chi connectivity index (χ1) is 22.7. The molecule has 9 rings (SSSR count). The van der Waals surface area contributed by atoms with E-state index in [0.717, 1.165) is 66.4 Å². The zero-order chi connectivity index (χ0) is 30.6. The van der Waals surface area contributed by atoms with E-state index in [1.165, 1.54) is 0 Å². The van der Waals surface area contributed by atoms with Crippen LogP contribution < -0.4 is 5.01 Å². The van der Waals surface area contributed by atoms with Gasteiger partial charge in [0.25, 0.3) is 0 Å². The molecule has 218 valence electrons. The minimum absolute atomic E-state index is 0.641. The Morgan fingerprint density at radius 2 is 1.22 bits per heavy atom. The largest absolute Gasteiger partial charge is 0.368 e. The van der Waals surface area contributed by atoms with Gasteiger partial charge >= 0.3 is 0 Å². The lowest BCUT2D eigenvalue weighted by atomic mass is 9.98. The summed E-state index contributed by atoms with van der Waals surface area (Å²) >= 11 is 0. The van der Waals surface area contributed by atoms with E-state index in [1.807, 2.05) is 77.8 Å². The molecule has 1 aliphatic rings. The van der Waals surface area contributed by atoms with Crippen LogP contribution in [-0.2, 0) is 0 Å². The number of aliphatic hydroxyl groups excluding tert-OH is 1. The number of aliphatic hydroxyl groups is 1. The summed E-state index contributed by atoms with van der Waals surface area (Å²) < 4.78 is 2.10. The Hall–Kier alpha value is -6.11. The van der Waals surface area contributed by atoms with E-state index in [-0.39, 0.29) is 0 Å². The van der Waals surface area contributed by atoms with E-state index in [4.69, 9.17) is 9.98 Å². The number of rotatable bonds is 4. The van der Waals surface area contributed by atoms with Crippen molar-refractivity contribution in [3.63, 3.8) is 0 Å². The summed E-state index contributed by atoms with van der Waals surface area (Å²) in [6.07, 6.45) is 0.808. The van der Waals surface area contributed by atoms with E-state index in [1.54, 1.807) is 6.20 Å². The molecule has 0 aliphatic carbocycles. The van der Waals surface area contributed by atoms with Crippen LogP contribution in [0, 0.1) is 0 Å². The minimum Gasteiger partial charge on any atom is -0.368 e. The van der Waals surface area contributed by atoms with Gasteiger partial charge in [0, 0.05) is 39.0 Å². The molecule has 0 fully saturated rings. The van der Waals surface area contributed by atoms with Crippen molar-refractivity contribution in [2.24, 2.45) is 4.99 Å². The van der Waals surface area contributed by atoms with E-state index < -0.39 is 6.23 Å². The van der Waals surface area contributed by atoms with Gasteiger partial charge in [0.2, 0.25) is 0 Å². The maximum atomic E-state index is 12.1. The molecule has 1 aliphatic heterocycles. The standard InChI is InChI=1S/C40H27N5O/c46-40-32-18-4-7-20-34(32)43-39(45(40)44-36-21-8-5-16-29(36)30-17-6-9-22-37(30)44)28-15-10-14-27(24-28)35-25-33(26-12-2-1-3-13-26)31-19-11-23-41-38(31)42-35/h1-25,40,46H. The van der Waals surface area contributed by atoms with Crippen molar-refractivity contribution in [2.75, 3.05) is 5.01 Å². The topological polar surface area (TPSA) is 66.5 Å². The molecule has 6 nitrogen and oxygen atoms in total. The SMILES string of the molecule is OC1c2ccccc2N=C(c2cccc(-c3cc(-c4ccccc4)c4cccnc4n3)c2)N1n1c2ccccc2c2ccccc21. The number of nitrogens with zero attached hydrogens (tertiary/aromatic N) is 5. The molecule has 0 spiro atoms. The number of aromatic nitrogens is 3. The third-order valence-corrected chi connectivity index (χ3v) is 8.75. The second kappa shape index (κ2) is 10.5. The highest BCUT2D eigenvalue weighted by atomic mass is 16.3. The summed E-state index contributed by atoms with van der Waals surface area (Å²) in [7, 11) is 0. The van der Waals surface area contributed by atoms with Crippen molar-refractivity contribution < 1.29 is 5.11 Å². The monoisotopic (exact) mass is 593 g/mol. The van der Waals surface area contributed by atoms with Crippen LogP contribution in [0.25, 0.3) is 55.2 Å². The number of fused-ring (bicyclic) bond motifs is 5. The maximum absolute atomic E-state index is 12.1. The van der Waals surface area contributed by atoms with Gasteiger partial charge in [0.05, 0.1) is 22.4 Å². The highest BCUT2D eigenvalue weighted by Gasteiger charge is 2.33. The molecule has 0 amide bonds. The predicted molar refractivity (Wildman–Crippen MR) is 186 cm³/mol. The molecule has 1 atom stereocenters. The third-order valence-electron chi connectivity index (χ3n) is 8.75. The second-order valence-corrected chi connectivity index (χ2v) is 11.4. The zero-order valence-corrected chi connectivity index (χ0v) is 24.7. The molecule has 0 radical (unpaired) electrons. The number of para-hydroxylation sites is 3. The van der Waals surface area contributed by atoms with Crippen LogP contribution >= 0.6 is 0 Å². The average molecular weight is 594 g/mol. The van der Waals surface area contributed by atoms with Crippen molar-refractivity contribution >= 4 is 44.4 Å². The molecular weight excluding hydrogens is 566 g/mol. The summed E-state index contributed by atoms with van der Waals surface area (Å²) in [5, 5.41) is 17.2. The first-order valence-electron chi connectivity index (χ1n) is 15.3. The highest BCUT2D eigenvalue weighted by Crippen LogP contribution is 2.39. The Morgan fingerprint density at radius 1 is 0.565 bits per heavy atom. The van der Waals surface area contributed by atoms with Gasteiger partial charge in [-0.05, 0) is 53.6 Å². The lowest BCUT2D eigenvalue weighted by molar-refractivity contribution is 0.166. The molecule has 0 saturated heterocycles. The molecular formula is C40H27N5O. The normalized spacial score (nSPS) is 14.5. The molecule has 6 heteroatoms. The van der Waals surface area contributed by atoms with Crippen molar-refractivity contribution in [1.82, 2.24) is 14.6 Å². The fourth-order valence-corrected chi connectivity index (χ4v) is 6.63. The Morgan fingerprint density at radius 3 is 2.02 bits per heavy atom. The van der Waals surface area contributed by atoms with E-state index in [0.29, 0.717) is 11.5 Å². The number of benzene rings is 5. The second-order valence-electron chi connectivity index (χ2n) is 11.4. The summed E-state index contributed by atoms with van der Waals surface area (Å²) in [4.78, 5) is 14.8. The Balaban J connectivity index is 1.26. The van der Waals surface area contributed by atoms with Crippen molar-refractivity contribution in [1.29, 1.82) is 0 Å². The van der Waals surface area contributed by atoms with Crippen LogP contribution in [0.15, 0.2) is 157 Å². The average Bonchev–Trinajstić information content (AvgIpc) is 3.45. The zero-order valence-electron chi connectivity index (χ0n) is 24.7. The van der Waals surface area contributed by atoms with Gasteiger partial charge in [-0.2, -0.15) is 0 Å². The molecule has 0 bridgehead atoms. The predicted octanol–water partition coefficient (Wildman–Crippen LogP) is 8.79.